The minimum absolute atomic E-state index is 0.0407. The number of piperidine rings is 1. The van der Waals surface area contributed by atoms with Crippen molar-refractivity contribution >= 4 is 47.4 Å². The van der Waals surface area contributed by atoms with Crippen molar-refractivity contribution in [3.63, 3.8) is 0 Å². The summed E-state index contributed by atoms with van der Waals surface area (Å²) in [6.07, 6.45) is 13.8. The lowest BCUT2D eigenvalue weighted by Crippen LogP contribution is -2.50. The van der Waals surface area contributed by atoms with Gasteiger partial charge in [0.15, 0.2) is 23.2 Å². The van der Waals surface area contributed by atoms with E-state index in [1.807, 2.05) is 18.7 Å². The van der Waals surface area contributed by atoms with Gasteiger partial charge in [-0.2, -0.15) is 0 Å². The van der Waals surface area contributed by atoms with Crippen molar-refractivity contribution in [3.8, 4) is 35.1 Å². The number of fused-ring (bicyclic) bond motifs is 3. The van der Waals surface area contributed by atoms with Gasteiger partial charge >= 0.3 is 0 Å². The van der Waals surface area contributed by atoms with Gasteiger partial charge in [-0.3, -0.25) is 19.6 Å². The number of rotatable bonds is 16. The number of carbonyl (C=O) groups is 2. The van der Waals surface area contributed by atoms with Crippen LogP contribution in [0.4, 0.5) is 22.0 Å². The van der Waals surface area contributed by atoms with Gasteiger partial charge < -0.3 is 44.8 Å². The van der Waals surface area contributed by atoms with Crippen molar-refractivity contribution in [3.05, 3.63) is 130 Å². The molecule has 0 spiro atoms. The van der Waals surface area contributed by atoms with Gasteiger partial charge in [0.25, 0.3) is 5.88 Å². The number of aromatic hydroxyl groups is 1. The Hall–Kier alpha value is -7.73. The van der Waals surface area contributed by atoms with Crippen molar-refractivity contribution < 1.29 is 51.0 Å². The van der Waals surface area contributed by atoms with E-state index in [0.717, 1.165) is 83.0 Å². The molecule has 0 aliphatic carbocycles. The first kappa shape index (κ1) is 60.4. The third kappa shape index (κ3) is 13.4. The highest BCUT2D eigenvalue weighted by atomic mass is 19.2. The summed E-state index contributed by atoms with van der Waals surface area (Å²) in [6, 6.07) is 15.8. The number of piperazine rings is 1. The Morgan fingerprint density at radius 2 is 1.65 bits per heavy atom. The minimum atomic E-state index is -1.21. The van der Waals surface area contributed by atoms with Crippen LogP contribution in [0, 0.1) is 47.4 Å². The van der Waals surface area contributed by atoms with Crippen molar-refractivity contribution in [1.29, 1.82) is 0 Å². The Morgan fingerprint density at radius 1 is 0.951 bits per heavy atom. The minimum Gasteiger partial charge on any atom is -0.508 e. The van der Waals surface area contributed by atoms with Gasteiger partial charge in [0, 0.05) is 74.6 Å². The second-order valence-corrected chi connectivity index (χ2v) is 21.5. The highest BCUT2D eigenvalue weighted by Gasteiger charge is 2.38. The first-order valence-corrected chi connectivity index (χ1v) is 27.7. The molecule has 4 saturated heterocycles. The Morgan fingerprint density at radius 3 is 2.29 bits per heavy atom. The number of aliphatic imine (C=N–C) groups is 3. The largest absolute Gasteiger partial charge is 0.508 e. The Bertz CT molecular complexity index is 3280. The number of aliphatic hydroxyl groups excluding tert-OH is 1. The molecule has 15 nitrogen and oxygen atoms in total. The van der Waals surface area contributed by atoms with Crippen LogP contribution in [0.2, 0.25) is 0 Å². The fraction of sp³-hybridized carbons (Fsp3) is 0.419. The van der Waals surface area contributed by atoms with E-state index in [0.29, 0.717) is 85.6 Å². The van der Waals surface area contributed by atoms with Gasteiger partial charge in [-0.15, -0.1) is 6.42 Å². The van der Waals surface area contributed by atoms with E-state index in [1.165, 1.54) is 36.4 Å². The lowest BCUT2D eigenvalue weighted by molar-refractivity contribution is -0.135. The molecule has 82 heavy (non-hydrogen) atoms. The molecule has 5 unspecified atom stereocenters. The number of benzene rings is 4. The molecule has 434 valence electrons. The van der Waals surface area contributed by atoms with E-state index < -0.39 is 40.6 Å². The molecule has 5 aliphatic rings. The predicted octanol–water partition coefficient (Wildman–Crippen LogP) is 9.89. The summed E-state index contributed by atoms with van der Waals surface area (Å²) in [7, 11) is 1.00. The fourth-order valence-corrected chi connectivity index (χ4v) is 11.5. The zero-order valence-corrected chi connectivity index (χ0v) is 46.8. The molecule has 4 N–H and O–H groups in total. The molecule has 5 aromatic rings. The van der Waals surface area contributed by atoms with Crippen molar-refractivity contribution in [2.45, 2.75) is 96.3 Å². The van der Waals surface area contributed by atoms with Crippen LogP contribution < -0.4 is 15.4 Å². The van der Waals surface area contributed by atoms with E-state index in [4.69, 9.17) is 25.8 Å². The molecule has 4 fully saturated rings. The van der Waals surface area contributed by atoms with Crippen molar-refractivity contribution in [2.75, 3.05) is 59.5 Å². The maximum atomic E-state index is 17.1. The Balaban J connectivity index is 0.000000336. The number of likely N-dealkylation sites (tertiary alicyclic amines) is 3. The molecule has 10 rings (SSSR count). The van der Waals surface area contributed by atoms with Crippen LogP contribution in [-0.2, 0) is 9.59 Å². The molecule has 5 aliphatic heterocycles. The number of halogens is 5. The summed E-state index contributed by atoms with van der Waals surface area (Å²) < 4.78 is 84.4. The van der Waals surface area contributed by atoms with E-state index in [1.54, 1.807) is 31.3 Å². The average molecular weight is 1130 g/mol. The topological polar surface area (TPSA) is 181 Å². The molecule has 0 radical (unpaired) electrons. The zero-order chi connectivity index (χ0) is 58.8. The molecule has 4 aromatic carbocycles. The Labute approximate surface area is 474 Å². The highest BCUT2D eigenvalue weighted by molar-refractivity contribution is 6.29. The number of phenolic OH excluding ortho intramolecular Hbond substituents is 1. The van der Waals surface area contributed by atoms with Gasteiger partial charge in [0.1, 0.15) is 40.5 Å². The van der Waals surface area contributed by atoms with Crippen LogP contribution in [-0.4, -0.2) is 139 Å². The third-order valence-corrected chi connectivity index (χ3v) is 15.9. The molecule has 2 bridgehead atoms. The first-order valence-electron chi connectivity index (χ1n) is 27.7. The number of allylic oxidation sites excluding steroid dienone is 2. The van der Waals surface area contributed by atoms with E-state index in [9.17, 15) is 27.9 Å². The van der Waals surface area contributed by atoms with E-state index >= 15 is 8.78 Å². The molecular formula is C62H70F5N9O6. The normalized spacial score (nSPS) is 20.9. The summed E-state index contributed by atoms with van der Waals surface area (Å²) in [4.78, 5) is 44.1. The number of nitrogens with zero attached hydrogens (tertiary/aromatic N) is 7. The molecule has 0 saturated carbocycles. The standard InChI is InChI=1S/C46H54F2N8O4.C15H12F3NO.CH4O/c1-6-34-37(47)12-9-30-20-33(57)21-35(41(30)34)43-42(48)44(36(23-51-43)45(49-5)55-24-31-10-11-32(25-55)52-31)50-15-19-54-17-13-29(14-18-54)26-59-39-22-38(60-53-39)40(27(2)3)46(58)56-16-7-8-28(56)4;1-9(19-8-20)10-2-4-11(5-3-10)14-12(16)6-7-13(17)15(14)18;1-2/h1,9,12,20-23,27-29,31-32,40,52,57H,5,7-8,10-11,13-19,24-26H2,2-4H3;2-9H,1H3,(H,19,20);2H,1H3/b45-36+,50-44?;;. The SMILES string of the molecule is C#Cc1c(F)ccc2cc(O)cc(C3=C(F)C(=NCCN4CCC(COc5cc(C(C(=O)N6CCCC6C)C(C)C)on5)CC4)/C(=C(\N=C)N4CC5CCC(C4)N5)C=N3)c12.CC(NC=O)c1ccc(-c2c(F)ccc(F)c2F)cc1.CO. The number of carbonyl (C=O) groups excluding carboxylic acids is 2. The molecule has 6 heterocycles. The quantitative estimate of drug-likeness (QED) is 0.0244. The maximum absolute atomic E-state index is 17.1. The highest BCUT2D eigenvalue weighted by Crippen LogP contribution is 2.39. The van der Waals surface area contributed by atoms with E-state index in [-0.39, 0.29) is 63.1 Å². The van der Waals surface area contributed by atoms with Gasteiger partial charge in [0.05, 0.1) is 35.9 Å². The third-order valence-electron chi connectivity index (χ3n) is 15.9. The van der Waals surface area contributed by atoms with Crippen LogP contribution in [0.25, 0.3) is 27.6 Å². The summed E-state index contributed by atoms with van der Waals surface area (Å²) in [5.74, 6) is -0.717. The average Bonchev–Trinajstić information content (AvgIpc) is 3.73. The number of hydrogen-bond donors (Lipinski definition) is 4. The number of hydrogen-bond acceptors (Lipinski definition) is 13. The summed E-state index contributed by atoms with van der Waals surface area (Å²) in [6.45, 7) is 17.0. The summed E-state index contributed by atoms with van der Waals surface area (Å²) >= 11 is 0. The molecule has 20 heteroatoms. The van der Waals surface area contributed by atoms with Gasteiger partial charge in [-0.05, 0) is 136 Å². The van der Waals surface area contributed by atoms with Crippen LogP contribution in [0.15, 0.2) is 103 Å². The van der Waals surface area contributed by atoms with Crippen LogP contribution in [0.5, 0.6) is 11.6 Å². The number of amides is 2. The monoisotopic (exact) mass is 1130 g/mol. The lowest BCUT2D eigenvalue weighted by atomic mass is 9.91. The first-order chi connectivity index (χ1) is 39.6. The number of aromatic nitrogens is 1. The van der Waals surface area contributed by atoms with Crippen LogP contribution in [0.3, 0.4) is 0 Å². The smallest absolute Gasteiger partial charge is 0.254 e. The zero-order valence-electron chi connectivity index (χ0n) is 46.8. The fourth-order valence-electron chi connectivity index (χ4n) is 11.5. The summed E-state index contributed by atoms with van der Waals surface area (Å²) in [5, 5.41) is 28.8. The second kappa shape index (κ2) is 27.4. The number of nitrogens with one attached hydrogen (secondary N) is 2. The second-order valence-electron chi connectivity index (χ2n) is 21.5. The number of terminal acetylenes is 1. The number of ether oxygens (including phenoxy) is 1. The Kier molecular flexibility index (Phi) is 20.1. The number of phenols is 1. The maximum Gasteiger partial charge on any atom is 0.254 e. The lowest BCUT2D eigenvalue weighted by Gasteiger charge is -2.35. The van der Waals surface area contributed by atoms with Gasteiger partial charge in [0.2, 0.25) is 12.3 Å². The molecule has 5 atom stereocenters. The van der Waals surface area contributed by atoms with Crippen LogP contribution >= 0.6 is 0 Å². The predicted molar refractivity (Wildman–Crippen MR) is 307 cm³/mol. The number of aliphatic hydroxyl groups is 1. The molecular weight excluding hydrogens is 1060 g/mol. The van der Waals surface area contributed by atoms with Gasteiger partial charge in [-0.25, -0.2) is 26.9 Å². The molecule has 2 amide bonds. The summed E-state index contributed by atoms with van der Waals surface area (Å²) in [5.41, 5.74) is 1.14. The van der Waals surface area contributed by atoms with E-state index in [2.05, 4.69) is 55.1 Å². The molecule has 1 aromatic heterocycles. The van der Waals surface area contributed by atoms with Gasteiger partial charge in [-0.1, -0.05) is 50.1 Å². The van der Waals surface area contributed by atoms with Crippen LogP contribution in [0.1, 0.15) is 101 Å². The van der Waals surface area contributed by atoms with Crippen molar-refractivity contribution in [1.82, 2.24) is 30.5 Å². The van der Waals surface area contributed by atoms with Crippen molar-refractivity contribution in [2.24, 2.45) is 26.8 Å².